The van der Waals surface area contributed by atoms with E-state index in [0.717, 1.165) is 17.9 Å². The lowest BCUT2D eigenvalue weighted by atomic mass is 10.1. The van der Waals surface area contributed by atoms with Crippen molar-refractivity contribution in [2.75, 3.05) is 0 Å². The lowest BCUT2D eigenvalue weighted by Crippen LogP contribution is -2.20. The van der Waals surface area contributed by atoms with E-state index in [9.17, 15) is 0 Å². The van der Waals surface area contributed by atoms with Gasteiger partial charge in [-0.15, -0.1) is 0 Å². The molecule has 2 heterocycles. The van der Waals surface area contributed by atoms with E-state index in [1.54, 1.807) is 0 Å². The van der Waals surface area contributed by atoms with Gasteiger partial charge in [-0.1, -0.05) is 0 Å². The van der Waals surface area contributed by atoms with Crippen molar-refractivity contribution in [1.82, 2.24) is 24.9 Å². The molecule has 2 aromatic heterocycles. The third kappa shape index (κ3) is 2.50. The zero-order valence-corrected chi connectivity index (χ0v) is 13.6. The second kappa shape index (κ2) is 5.40. The van der Waals surface area contributed by atoms with Gasteiger partial charge in [0.2, 0.25) is 0 Å². The molecular formula is C15H25N5. The van der Waals surface area contributed by atoms with E-state index in [0.29, 0.717) is 0 Å². The smallest absolute Gasteiger partial charge is 0.0644 e. The molecule has 0 aliphatic rings. The first kappa shape index (κ1) is 14.8. The molecular weight excluding hydrogens is 250 g/mol. The van der Waals surface area contributed by atoms with Crippen LogP contribution in [-0.2, 0) is 20.6 Å². The lowest BCUT2D eigenvalue weighted by Gasteiger charge is -2.15. The third-order valence-corrected chi connectivity index (χ3v) is 4.24. The van der Waals surface area contributed by atoms with Crippen LogP contribution in [0.2, 0.25) is 0 Å². The molecule has 20 heavy (non-hydrogen) atoms. The summed E-state index contributed by atoms with van der Waals surface area (Å²) in [4.78, 5) is 0. The molecule has 0 radical (unpaired) electrons. The maximum absolute atomic E-state index is 4.49. The molecule has 0 saturated carbocycles. The van der Waals surface area contributed by atoms with Gasteiger partial charge in [-0.2, -0.15) is 10.2 Å². The standard InChI is InChI=1S/C15H25N5/c1-9-14(12(4)19(6)17-9)8-16-10(2)15-11(3)18-20(7)13(15)5/h10,16H,8H2,1-7H3. The van der Waals surface area contributed by atoms with Gasteiger partial charge in [-0.3, -0.25) is 9.36 Å². The van der Waals surface area contributed by atoms with Gasteiger partial charge in [-0.25, -0.2) is 0 Å². The van der Waals surface area contributed by atoms with Crippen LogP contribution in [0.1, 0.15) is 46.9 Å². The average molecular weight is 275 g/mol. The molecule has 5 nitrogen and oxygen atoms in total. The maximum Gasteiger partial charge on any atom is 0.0644 e. The highest BCUT2D eigenvalue weighted by Gasteiger charge is 2.17. The van der Waals surface area contributed by atoms with Crippen LogP contribution in [0.4, 0.5) is 0 Å². The zero-order valence-electron chi connectivity index (χ0n) is 13.6. The van der Waals surface area contributed by atoms with Crippen LogP contribution in [0.25, 0.3) is 0 Å². The average Bonchev–Trinajstić information content (AvgIpc) is 2.75. The normalized spacial score (nSPS) is 12.9. The van der Waals surface area contributed by atoms with Crippen LogP contribution in [0.5, 0.6) is 0 Å². The number of hydrogen-bond donors (Lipinski definition) is 1. The summed E-state index contributed by atoms with van der Waals surface area (Å²) in [6.07, 6.45) is 0. The Balaban J connectivity index is 2.14. The molecule has 0 amide bonds. The Morgan fingerprint density at radius 2 is 1.50 bits per heavy atom. The Morgan fingerprint density at radius 3 is 1.95 bits per heavy atom. The first-order valence-electron chi connectivity index (χ1n) is 7.05. The Kier molecular flexibility index (Phi) is 3.99. The van der Waals surface area contributed by atoms with Gasteiger partial charge in [-0.05, 0) is 34.6 Å². The molecule has 1 N–H and O–H groups in total. The number of nitrogens with one attached hydrogen (secondary N) is 1. The number of aromatic nitrogens is 4. The monoisotopic (exact) mass is 275 g/mol. The van der Waals surface area contributed by atoms with Crippen LogP contribution < -0.4 is 5.32 Å². The van der Waals surface area contributed by atoms with Crippen LogP contribution in [0.3, 0.4) is 0 Å². The molecule has 0 fully saturated rings. The van der Waals surface area contributed by atoms with Gasteiger partial charge in [0.1, 0.15) is 0 Å². The summed E-state index contributed by atoms with van der Waals surface area (Å²) < 4.78 is 3.89. The molecule has 0 spiro atoms. The van der Waals surface area contributed by atoms with Crippen LogP contribution in [0, 0.1) is 27.7 Å². The molecule has 2 rings (SSSR count). The molecule has 1 unspecified atom stereocenters. The van der Waals surface area contributed by atoms with Crippen molar-refractivity contribution in [3.8, 4) is 0 Å². The van der Waals surface area contributed by atoms with Crippen molar-refractivity contribution in [2.45, 2.75) is 47.2 Å². The van der Waals surface area contributed by atoms with Gasteiger partial charge in [0.25, 0.3) is 0 Å². The van der Waals surface area contributed by atoms with Crippen molar-refractivity contribution in [1.29, 1.82) is 0 Å². The fourth-order valence-electron chi connectivity index (χ4n) is 2.85. The maximum atomic E-state index is 4.49. The van der Waals surface area contributed by atoms with E-state index in [-0.39, 0.29) is 6.04 Å². The van der Waals surface area contributed by atoms with Crippen LogP contribution in [-0.4, -0.2) is 19.6 Å². The van der Waals surface area contributed by atoms with Gasteiger partial charge in [0.05, 0.1) is 11.4 Å². The summed E-state index contributed by atoms with van der Waals surface area (Å²) in [5.41, 5.74) is 7.24. The molecule has 0 aromatic carbocycles. The zero-order chi connectivity index (χ0) is 15.0. The number of aryl methyl sites for hydroxylation is 4. The molecule has 0 aliphatic heterocycles. The van der Waals surface area contributed by atoms with Crippen molar-refractivity contribution in [3.05, 3.63) is 33.9 Å². The summed E-state index contributed by atoms with van der Waals surface area (Å²) in [5, 5.41) is 12.5. The van der Waals surface area contributed by atoms with Crippen molar-refractivity contribution >= 4 is 0 Å². The largest absolute Gasteiger partial charge is 0.306 e. The van der Waals surface area contributed by atoms with Crippen LogP contribution >= 0.6 is 0 Å². The summed E-state index contributed by atoms with van der Waals surface area (Å²) in [6, 6.07) is 0.280. The lowest BCUT2D eigenvalue weighted by molar-refractivity contribution is 0.565. The SMILES string of the molecule is Cc1nn(C)c(C)c1CNC(C)c1c(C)nn(C)c1C. The molecule has 110 valence electrons. The van der Waals surface area contributed by atoms with Crippen molar-refractivity contribution in [2.24, 2.45) is 14.1 Å². The first-order chi connectivity index (χ1) is 9.32. The Labute approximate surface area is 121 Å². The summed E-state index contributed by atoms with van der Waals surface area (Å²) in [7, 11) is 3.98. The summed E-state index contributed by atoms with van der Waals surface area (Å²) in [5.74, 6) is 0. The fraction of sp³-hybridized carbons (Fsp3) is 0.600. The minimum absolute atomic E-state index is 0.280. The fourth-order valence-corrected chi connectivity index (χ4v) is 2.85. The predicted molar refractivity (Wildman–Crippen MR) is 80.6 cm³/mol. The van der Waals surface area contributed by atoms with E-state index < -0.39 is 0 Å². The topological polar surface area (TPSA) is 47.7 Å². The minimum atomic E-state index is 0.280. The highest BCUT2D eigenvalue weighted by Crippen LogP contribution is 2.21. The number of nitrogens with zero attached hydrogens (tertiary/aromatic N) is 4. The first-order valence-corrected chi connectivity index (χ1v) is 7.05. The van der Waals surface area contributed by atoms with Gasteiger partial charge in [0.15, 0.2) is 0 Å². The van der Waals surface area contributed by atoms with E-state index in [1.165, 1.54) is 22.5 Å². The quantitative estimate of drug-likeness (QED) is 0.931. The molecule has 1 atom stereocenters. The molecule has 0 saturated heterocycles. The van der Waals surface area contributed by atoms with Gasteiger partial charge < -0.3 is 5.32 Å². The second-order valence-electron chi connectivity index (χ2n) is 5.58. The van der Waals surface area contributed by atoms with Crippen LogP contribution in [0.15, 0.2) is 0 Å². The molecule has 0 aliphatic carbocycles. The Hall–Kier alpha value is -1.62. The van der Waals surface area contributed by atoms with E-state index in [4.69, 9.17) is 0 Å². The van der Waals surface area contributed by atoms with E-state index in [2.05, 4.69) is 50.1 Å². The van der Waals surface area contributed by atoms with Gasteiger partial charge >= 0.3 is 0 Å². The molecule has 5 heteroatoms. The van der Waals surface area contributed by atoms with Crippen molar-refractivity contribution < 1.29 is 0 Å². The highest BCUT2D eigenvalue weighted by molar-refractivity contribution is 5.29. The number of rotatable bonds is 4. The highest BCUT2D eigenvalue weighted by atomic mass is 15.3. The van der Waals surface area contributed by atoms with E-state index >= 15 is 0 Å². The van der Waals surface area contributed by atoms with Gasteiger partial charge in [0, 0.05) is 49.2 Å². The Bertz CT molecular complexity index is 621. The predicted octanol–water partition coefficient (Wildman–Crippen LogP) is 2.24. The molecule has 0 bridgehead atoms. The Morgan fingerprint density at radius 1 is 0.950 bits per heavy atom. The summed E-state index contributed by atoms with van der Waals surface area (Å²) >= 11 is 0. The third-order valence-electron chi connectivity index (χ3n) is 4.24. The van der Waals surface area contributed by atoms with Crippen molar-refractivity contribution in [3.63, 3.8) is 0 Å². The summed E-state index contributed by atoms with van der Waals surface area (Å²) in [6.45, 7) is 11.4. The minimum Gasteiger partial charge on any atom is -0.306 e. The van der Waals surface area contributed by atoms with E-state index in [1.807, 2.05) is 23.5 Å². The number of hydrogen-bond acceptors (Lipinski definition) is 3. The molecule has 2 aromatic rings. The second-order valence-corrected chi connectivity index (χ2v) is 5.58.